The van der Waals surface area contributed by atoms with Crippen LogP contribution in [0.1, 0.15) is 11.1 Å². The van der Waals surface area contributed by atoms with Gasteiger partial charge in [-0.2, -0.15) is 5.26 Å². The predicted octanol–water partition coefficient (Wildman–Crippen LogP) is 4.25. The smallest absolute Gasteiger partial charge is 0.331 e. The van der Waals surface area contributed by atoms with Crippen molar-refractivity contribution in [2.75, 3.05) is 11.9 Å². The molecule has 2 aromatic carbocycles. The van der Waals surface area contributed by atoms with Crippen molar-refractivity contribution in [2.45, 2.75) is 6.42 Å². The minimum Gasteiger partial charge on any atom is -0.452 e. The Hall–Kier alpha value is -2.81. The molecule has 2 rings (SSSR count). The molecule has 0 heterocycles. The summed E-state index contributed by atoms with van der Waals surface area (Å²) in [5.74, 6) is -1.14. The molecule has 0 radical (unpaired) electrons. The van der Waals surface area contributed by atoms with Crippen molar-refractivity contribution in [3.8, 4) is 6.07 Å². The lowest BCUT2D eigenvalue weighted by atomic mass is 10.1. The largest absolute Gasteiger partial charge is 0.452 e. The Morgan fingerprint density at radius 2 is 1.88 bits per heavy atom. The molecule has 0 saturated carbocycles. The molecule has 0 aliphatic heterocycles. The van der Waals surface area contributed by atoms with Gasteiger partial charge in [-0.1, -0.05) is 41.4 Å². The lowest BCUT2D eigenvalue weighted by Gasteiger charge is -2.06. The van der Waals surface area contributed by atoms with Crippen molar-refractivity contribution in [1.29, 1.82) is 5.26 Å². The summed E-state index contributed by atoms with van der Waals surface area (Å²) in [6.45, 7) is -0.419. The highest BCUT2D eigenvalue weighted by molar-refractivity contribution is 6.35. The zero-order chi connectivity index (χ0) is 18.9. The molecule has 0 saturated heterocycles. The van der Waals surface area contributed by atoms with E-state index in [4.69, 9.17) is 33.2 Å². The zero-order valence-corrected chi connectivity index (χ0v) is 15.1. The van der Waals surface area contributed by atoms with Crippen LogP contribution >= 0.6 is 23.2 Å². The van der Waals surface area contributed by atoms with Gasteiger partial charge in [0.2, 0.25) is 0 Å². The minimum atomic E-state index is -0.671. The van der Waals surface area contributed by atoms with Crippen molar-refractivity contribution < 1.29 is 14.3 Å². The molecule has 0 spiro atoms. The molecule has 7 heteroatoms. The van der Waals surface area contributed by atoms with E-state index in [1.54, 1.807) is 42.5 Å². The number of carbonyl (C=O) groups excluding carboxylic acids is 2. The first-order chi connectivity index (χ1) is 12.5. The summed E-state index contributed by atoms with van der Waals surface area (Å²) in [4.78, 5) is 23.5. The van der Waals surface area contributed by atoms with E-state index in [-0.39, 0.29) is 0 Å². The number of amides is 1. The molecule has 0 aliphatic rings. The first-order valence-electron chi connectivity index (χ1n) is 7.53. The van der Waals surface area contributed by atoms with Crippen LogP contribution in [-0.2, 0) is 20.7 Å². The molecule has 132 valence electrons. The quantitative estimate of drug-likeness (QED) is 0.592. The maximum Gasteiger partial charge on any atom is 0.331 e. The predicted molar refractivity (Wildman–Crippen MR) is 101 cm³/mol. The molecule has 0 bridgehead atoms. The van der Waals surface area contributed by atoms with E-state index in [9.17, 15) is 9.59 Å². The summed E-state index contributed by atoms with van der Waals surface area (Å²) >= 11 is 11.8. The fourth-order valence-electron chi connectivity index (χ4n) is 1.97. The summed E-state index contributed by atoms with van der Waals surface area (Å²) in [6.07, 6.45) is 2.96. The minimum absolute atomic E-state index is 0.301. The molecular formula is C19H14Cl2N2O3. The number of nitrogens with one attached hydrogen (secondary N) is 1. The van der Waals surface area contributed by atoms with Gasteiger partial charge < -0.3 is 10.1 Å². The third-order valence-electron chi connectivity index (χ3n) is 3.23. The number of halogens is 2. The van der Waals surface area contributed by atoms with Gasteiger partial charge in [-0.25, -0.2) is 4.79 Å². The van der Waals surface area contributed by atoms with E-state index in [0.717, 1.165) is 5.56 Å². The molecule has 0 atom stereocenters. The van der Waals surface area contributed by atoms with E-state index in [0.29, 0.717) is 27.7 Å². The highest BCUT2D eigenvalue weighted by atomic mass is 35.5. The van der Waals surface area contributed by atoms with Gasteiger partial charge >= 0.3 is 5.97 Å². The summed E-state index contributed by atoms with van der Waals surface area (Å²) in [5.41, 5.74) is 2.01. The monoisotopic (exact) mass is 388 g/mol. The number of benzene rings is 2. The number of anilines is 1. The second-order valence-electron chi connectivity index (χ2n) is 5.19. The van der Waals surface area contributed by atoms with Crippen LogP contribution in [0.5, 0.6) is 0 Å². The normalized spacial score (nSPS) is 10.3. The Kier molecular flexibility index (Phi) is 7.22. The molecule has 0 unspecified atom stereocenters. The average molecular weight is 389 g/mol. The number of esters is 1. The van der Waals surface area contributed by atoms with Crippen LogP contribution in [0.4, 0.5) is 5.69 Å². The fraction of sp³-hybridized carbons (Fsp3) is 0.105. The highest BCUT2D eigenvalue weighted by Gasteiger charge is 2.06. The molecule has 26 heavy (non-hydrogen) atoms. The van der Waals surface area contributed by atoms with Crippen molar-refractivity contribution in [3.05, 3.63) is 69.7 Å². The Balaban J connectivity index is 1.82. The molecule has 1 amide bonds. The van der Waals surface area contributed by atoms with Gasteiger partial charge in [-0.05, 0) is 41.5 Å². The van der Waals surface area contributed by atoms with Gasteiger partial charge in [0.1, 0.15) is 0 Å². The molecule has 2 aromatic rings. The Bertz CT molecular complexity index is 871. The second-order valence-corrected chi connectivity index (χ2v) is 6.03. The average Bonchev–Trinajstić information content (AvgIpc) is 2.61. The Morgan fingerprint density at radius 3 is 2.54 bits per heavy atom. The van der Waals surface area contributed by atoms with Crippen LogP contribution in [0.2, 0.25) is 10.0 Å². The molecule has 5 nitrogen and oxygen atoms in total. The number of hydrogen-bond donors (Lipinski definition) is 1. The summed E-state index contributed by atoms with van der Waals surface area (Å²) in [7, 11) is 0. The van der Waals surface area contributed by atoms with Gasteiger partial charge in [0.15, 0.2) is 6.61 Å². The van der Waals surface area contributed by atoms with E-state index in [2.05, 4.69) is 5.32 Å². The first-order valence-corrected chi connectivity index (χ1v) is 8.29. The summed E-state index contributed by atoms with van der Waals surface area (Å²) < 4.78 is 4.87. The van der Waals surface area contributed by atoms with Crippen molar-refractivity contribution in [3.63, 3.8) is 0 Å². The van der Waals surface area contributed by atoms with Gasteiger partial charge in [0.25, 0.3) is 5.91 Å². The Labute approximate surface area is 160 Å². The third-order valence-corrected chi connectivity index (χ3v) is 3.79. The van der Waals surface area contributed by atoms with Gasteiger partial charge in [0, 0.05) is 21.8 Å². The van der Waals surface area contributed by atoms with Crippen molar-refractivity contribution >= 4 is 46.8 Å². The van der Waals surface area contributed by atoms with Crippen LogP contribution in [0, 0.1) is 11.3 Å². The number of nitrogens with zero attached hydrogens (tertiary/aromatic N) is 1. The zero-order valence-electron chi connectivity index (χ0n) is 13.5. The number of carbonyl (C=O) groups is 2. The first kappa shape index (κ1) is 19.5. The number of hydrogen-bond acceptors (Lipinski definition) is 4. The lowest BCUT2D eigenvalue weighted by Crippen LogP contribution is -2.20. The van der Waals surface area contributed by atoms with Crippen molar-refractivity contribution in [2.24, 2.45) is 0 Å². The summed E-state index contributed by atoms with van der Waals surface area (Å²) in [5, 5.41) is 12.1. The topological polar surface area (TPSA) is 79.2 Å². The summed E-state index contributed by atoms with van der Waals surface area (Å²) in [6, 6.07) is 13.7. The third kappa shape index (κ3) is 6.25. The lowest BCUT2D eigenvalue weighted by molar-refractivity contribution is -0.142. The fourth-order valence-corrected chi connectivity index (χ4v) is 2.45. The van der Waals surface area contributed by atoms with E-state index >= 15 is 0 Å². The van der Waals surface area contributed by atoms with Crippen LogP contribution in [0.3, 0.4) is 0 Å². The molecule has 0 fully saturated rings. The molecule has 0 aliphatic carbocycles. The van der Waals surface area contributed by atoms with Crippen LogP contribution < -0.4 is 5.32 Å². The highest BCUT2D eigenvalue weighted by Crippen LogP contribution is 2.21. The van der Waals surface area contributed by atoms with Gasteiger partial charge in [0.05, 0.1) is 12.5 Å². The van der Waals surface area contributed by atoms with E-state index in [1.165, 1.54) is 12.2 Å². The standard InChI is InChI=1S/C19H14Cl2N2O3/c20-15-5-3-14(17(21)11-15)4-8-19(25)26-12-18(24)23-16-6-1-13(2-7-16)9-10-22/h1-8,11H,9,12H2,(H,23,24)/b8-4+. The van der Waals surface area contributed by atoms with Gasteiger partial charge in [-0.3, -0.25) is 4.79 Å². The van der Waals surface area contributed by atoms with Crippen LogP contribution in [0.15, 0.2) is 48.5 Å². The number of nitriles is 1. The van der Waals surface area contributed by atoms with Crippen LogP contribution in [0.25, 0.3) is 6.08 Å². The van der Waals surface area contributed by atoms with Gasteiger partial charge in [-0.15, -0.1) is 0 Å². The number of rotatable bonds is 6. The molecular weight excluding hydrogens is 375 g/mol. The molecule has 1 N–H and O–H groups in total. The number of ether oxygens (including phenoxy) is 1. The maximum atomic E-state index is 11.8. The van der Waals surface area contributed by atoms with E-state index < -0.39 is 18.5 Å². The van der Waals surface area contributed by atoms with Crippen LogP contribution in [-0.4, -0.2) is 18.5 Å². The Morgan fingerprint density at radius 1 is 1.15 bits per heavy atom. The van der Waals surface area contributed by atoms with Crippen molar-refractivity contribution in [1.82, 2.24) is 0 Å². The SMILES string of the molecule is N#CCc1ccc(NC(=O)COC(=O)/C=C/c2ccc(Cl)cc2Cl)cc1. The maximum absolute atomic E-state index is 11.8. The van der Waals surface area contributed by atoms with E-state index in [1.807, 2.05) is 6.07 Å². The molecule has 0 aromatic heterocycles. The second kappa shape index (κ2) is 9.62.